The summed E-state index contributed by atoms with van der Waals surface area (Å²) in [5, 5.41) is 9.46. The standard InChI is InChI=1S/C20H16F6N2O3/c21-19(22,23)18(31,20(24,25)26)14-5-1-11(2-6-14)10-28-15-7-3-13(17(27)30)9-12(15)4-8-16(28)29/h1-3,5-7,9,31H,4,8,10H2,(H2,27,30). The number of primary amides is 1. The number of fused-ring (bicyclic) bond motifs is 1. The molecule has 166 valence electrons. The molecule has 31 heavy (non-hydrogen) atoms. The van der Waals surface area contributed by atoms with Gasteiger partial charge in [-0.05, 0) is 35.7 Å². The molecule has 5 nitrogen and oxygen atoms in total. The molecule has 0 bridgehead atoms. The van der Waals surface area contributed by atoms with E-state index in [1.165, 1.54) is 23.1 Å². The van der Waals surface area contributed by atoms with E-state index in [0.717, 1.165) is 12.1 Å². The van der Waals surface area contributed by atoms with Gasteiger partial charge in [-0.25, -0.2) is 0 Å². The maximum atomic E-state index is 13.0. The number of carbonyl (C=O) groups excluding carboxylic acids is 2. The van der Waals surface area contributed by atoms with Crippen molar-refractivity contribution in [1.29, 1.82) is 0 Å². The average molecular weight is 446 g/mol. The monoisotopic (exact) mass is 446 g/mol. The molecule has 3 rings (SSSR count). The van der Waals surface area contributed by atoms with Crippen molar-refractivity contribution in [2.45, 2.75) is 37.3 Å². The summed E-state index contributed by atoms with van der Waals surface area (Å²) in [4.78, 5) is 25.0. The Bertz CT molecular complexity index is 1000. The zero-order chi connectivity index (χ0) is 23.2. The zero-order valence-corrected chi connectivity index (χ0v) is 15.7. The highest BCUT2D eigenvalue weighted by molar-refractivity contribution is 5.98. The normalized spacial score (nSPS) is 15.1. The Labute approximate surface area is 172 Å². The third kappa shape index (κ3) is 3.97. The zero-order valence-electron chi connectivity index (χ0n) is 15.7. The molecule has 11 heteroatoms. The minimum Gasteiger partial charge on any atom is -0.369 e. The van der Waals surface area contributed by atoms with E-state index in [0.29, 0.717) is 29.8 Å². The number of nitrogens with two attached hydrogens (primary N) is 1. The summed E-state index contributed by atoms with van der Waals surface area (Å²) in [6, 6.07) is 7.49. The minimum atomic E-state index is -5.98. The van der Waals surface area contributed by atoms with Crippen molar-refractivity contribution in [1.82, 2.24) is 0 Å². The molecule has 0 saturated heterocycles. The number of benzene rings is 2. The molecule has 2 aromatic rings. The van der Waals surface area contributed by atoms with Crippen LogP contribution in [0.5, 0.6) is 0 Å². The van der Waals surface area contributed by atoms with Gasteiger partial charge in [-0.15, -0.1) is 0 Å². The second-order valence-electron chi connectivity index (χ2n) is 7.09. The predicted octanol–water partition coefficient (Wildman–Crippen LogP) is 3.58. The Morgan fingerprint density at radius 3 is 2.06 bits per heavy atom. The molecule has 0 aliphatic carbocycles. The van der Waals surface area contributed by atoms with Gasteiger partial charge in [0.05, 0.1) is 6.54 Å². The van der Waals surface area contributed by atoms with E-state index in [9.17, 15) is 41.0 Å². The summed E-state index contributed by atoms with van der Waals surface area (Å²) >= 11 is 0. The van der Waals surface area contributed by atoms with Crippen molar-refractivity contribution in [2.75, 3.05) is 4.90 Å². The van der Waals surface area contributed by atoms with Gasteiger partial charge in [0.2, 0.25) is 11.8 Å². The average Bonchev–Trinajstić information content (AvgIpc) is 2.68. The molecule has 0 radical (unpaired) electrons. The van der Waals surface area contributed by atoms with Crippen LogP contribution >= 0.6 is 0 Å². The van der Waals surface area contributed by atoms with Crippen molar-refractivity contribution < 1.29 is 41.0 Å². The summed E-state index contributed by atoms with van der Waals surface area (Å²) in [6.45, 7) is -0.126. The highest BCUT2D eigenvalue weighted by Crippen LogP contribution is 2.50. The maximum Gasteiger partial charge on any atom is 0.430 e. The molecular weight excluding hydrogens is 430 g/mol. The first kappa shape index (κ1) is 22.6. The molecule has 3 N–H and O–H groups in total. The predicted molar refractivity (Wildman–Crippen MR) is 96.9 cm³/mol. The Kier molecular flexibility index (Phi) is 5.51. The maximum absolute atomic E-state index is 13.0. The first-order chi connectivity index (χ1) is 14.3. The van der Waals surface area contributed by atoms with Crippen LogP contribution in [0.3, 0.4) is 0 Å². The van der Waals surface area contributed by atoms with Crippen LogP contribution in [-0.2, 0) is 23.4 Å². The number of rotatable bonds is 4. The van der Waals surface area contributed by atoms with E-state index < -0.39 is 29.4 Å². The van der Waals surface area contributed by atoms with E-state index in [2.05, 4.69) is 0 Å². The number of carbonyl (C=O) groups is 2. The summed E-state index contributed by atoms with van der Waals surface area (Å²) in [7, 11) is 0. The van der Waals surface area contributed by atoms with Crippen LogP contribution < -0.4 is 10.6 Å². The molecule has 1 heterocycles. The molecule has 0 aromatic heterocycles. The van der Waals surface area contributed by atoms with Gasteiger partial charge in [0.15, 0.2) is 0 Å². The number of amides is 2. The lowest BCUT2D eigenvalue weighted by Crippen LogP contribution is -2.53. The van der Waals surface area contributed by atoms with Gasteiger partial charge in [0, 0.05) is 23.2 Å². The number of aryl methyl sites for hydroxylation is 1. The summed E-state index contributed by atoms with van der Waals surface area (Å²) in [6.07, 6.45) is -11.5. The van der Waals surface area contributed by atoms with Crippen molar-refractivity contribution >= 4 is 17.5 Å². The number of hydrogen-bond acceptors (Lipinski definition) is 3. The Morgan fingerprint density at radius 1 is 0.968 bits per heavy atom. The lowest BCUT2D eigenvalue weighted by molar-refractivity contribution is -0.376. The second kappa shape index (κ2) is 7.56. The molecule has 2 aromatic carbocycles. The van der Waals surface area contributed by atoms with Gasteiger partial charge in [-0.3, -0.25) is 9.59 Å². The third-order valence-electron chi connectivity index (χ3n) is 5.10. The molecule has 0 atom stereocenters. The van der Waals surface area contributed by atoms with Crippen LogP contribution in [0.2, 0.25) is 0 Å². The van der Waals surface area contributed by atoms with E-state index in [-0.39, 0.29) is 30.0 Å². The van der Waals surface area contributed by atoms with Crippen molar-refractivity contribution in [2.24, 2.45) is 5.73 Å². The summed E-state index contributed by atoms with van der Waals surface area (Å²) in [5.74, 6) is -0.950. The molecule has 1 aliphatic heterocycles. The SMILES string of the molecule is NC(=O)c1ccc2c(c1)CCC(=O)N2Cc1ccc(C(O)(C(F)(F)F)C(F)(F)F)cc1. The van der Waals surface area contributed by atoms with Gasteiger partial charge >= 0.3 is 12.4 Å². The Balaban J connectivity index is 1.92. The largest absolute Gasteiger partial charge is 0.430 e. The number of nitrogens with zero attached hydrogens (tertiary/aromatic N) is 1. The first-order valence-corrected chi connectivity index (χ1v) is 8.94. The molecular formula is C20H16F6N2O3. The van der Waals surface area contributed by atoms with Crippen LogP contribution in [0.15, 0.2) is 42.5 Å². The molecule has 0 saturated carbocycles. The lowest BCUT2D eigenvalue weighted by Gasteiger charge is -2.33. The topological polar surface area (TPSA) is 83.6 Å². The minimum absolute atomic E-state index is 0.106. The lowest BCUT2D eigenvalue weighted by atomic mass is 9.91. The first-order valence-electron chi connectivity index (χ1n) is 8.94. The number of hydrogen-bond donors (Lipinski definition) is 2. The fourth-order valence-electron chi connectivity index (χ4n) is 3.41. The van der Waals surface area contributed by atoms with E-state index >= 15 is 0 Å². The molecule has 2 amide bonds. The van der Waals surface area contributed by atoms with E-state index in [1.807, 2.05) is 0 Å². The van der Waals surface area contributed by atoms with Gasteiger partial charge in [0.1, 0.15) is 0 Å². The molecule has 0 spiro atoms. The second-order valence-corrected chi connectivity index (χ2v) is 7.09. The van der Waals surface area contributed by atoms with E-state index in [4.69, 9.17) is 5.73 Å². The van der Waals surface area contributed by atoms with Crippen LogP contribution in [0.1, 0.15) is 33.5 Å². The van der Waals surface area contributed by atoms with Gasteiger partial charge < -0.3 is 15.7 Å². The number of aliphatic hydroxyl groups is 1. The van der Waals surface area contributed by atoms with Gasteiger partial charge in [-0.2, -0.15) is 26.3 Å². The Hall–Kier alpha value is -3.08. The van der Waals surface area contributed by atoms with Crippen LogP contribution in [0.4, 0.5) is 32.0 Å². The number of alkyl halides is 6. The molecule has 0 fully saturated rings. The smallest absolute Gasteiger partial charge is 0.369 e. The fraction of sp³-hybridized carbons (Fsp3) is 0.300. The van der Waals surface area contributed by atoms with Gasteiger partial charge in [0.25, 0.3) is 5.60 Å². The quantitative estimate of drug-likeness (QED) is 0.705. The van der Waals surface area contributed by atoms with Crippen molar-refractivity contribution in [3.8, 4) is 0 Å². The fourth-order valence-corrected chi connectivity index (χ4v) is 3.41. The third-order valence-corrected chi connectivity index (χ3v) is 5.10. The van der Waals surface area contributed by atoms with Crippen molar-refractivity contribution in [3.05, 3.63) is 64.7 Å². The van der Waals surface area contributed by atoms with Crippen LogP contribution in [0.25, 0.3) is 0 Å². The van der Waals surface area contributed by atoms with Crippen LogP contribution in [-0.4, -0.2) is 29.3 Å². The summed E-state index contributed by atoms with van der Waals surface area (Å²) in [5.41, 5.74) is 0.465. The number of anilines is 1. The molecule has 0 unspecified atom stereocenters. The van der Waals surface area contributed by atoms with Crippen LogP contribution in [0, 0.1) is 0 Å². The van der Waals surface area contributed by atoms with E-state index in [1.54, 1.807) is 0 Å². The highest BCUT2D eigenvalue weighted by Gasteiger charge is 2.71. The summed E-state index contributed by atoms with van der Waals surface area (Å²) < 4.78 is 78.1. The molecule has 1 aliphatic rings. The highest BCUT2D eigenvalue weighted by atomic mass is 19.4. The number of halogens is 6. The van der Waals surface area contributed by atoms with Crippen molar-refractivity contribution in [3.63, 3.8) is 0 Å². The Morgan fingerprint density at radius 2 is 1.55 bits per heavy atom. The van der Waals surface area contributed by atoms with Gasteiger partial charge in [-0.1, -0.05) is 24.3 Å².